The van der Waals surface area contributed by atoms with Crippen molar-refractivity contribution >= 4 is 5.91 Å². The molecule has 1 atom stereocenters. The maximum absolute atomic E-state index is 12.1. The predicted molar refractivity (Wildman–Crippen MR) is 95.1 cm³/mol. The monoisotopic (exact) mass is 327 g/mol. The molecule has 0 spiro atoms. The Morgan fingerprint density at radius 1 is 1.12 bits per heavy atom. The fraction of sp³-hybridized carbons (Fsp3) is 0.350. The van der Waals surface area contributed by atoms with Gasteiger partial charge in [-0.25, -0.2) is 0 Å². The minimum Gasteiger partial charge on any atom is -0.496 e. The van der Waals surface area contributed by atoms with Gasteiger partial charge >= 0.3 is 0 Å². The zero-order chi connectivity index (χ0) is 17.4. The van der Waals surface area contributed by atoms with E-state index in [1.54, 1.807) is 7.11 Å². The lowest BCUT2D eigenvalue weighted by atomic mass is 9.96. The first-order valence-electron chi connectivity index (χ1n) is 8.22. The molecule has 4 nitrogen and oxygen atoms in total. The van der Waals surface area contributed by atoms with Gasteiger partial charge in [-0.2, -0.15) is 0 Å². The molecule has 0 aliphatic heterocycles. The Bertz CT molecular complexity index is 652. The number of methoxy groups -OCH3 is 1. The van der Waals surface area contributed by atoms with Crippen LogP contribution in [0, 0.1) is 0 Å². The first-order valence-corrected chi connectivity index (χ1v) is 8.22. The van der Waals surface area contributed by atoms with Crippen LogP contribution in [0.3, 0.4) is 0 Å². The first kappa shape index (κ1) is 18.0. The molecule has 2 N–H and O–H groups in total. The number of aliphatic hydroxyl groups excluding tert-OH is 1. The third-order valence-electron chi connectivity index (χ3n) is 4.10. The van der Waals surface area contributed by atoms with Gasteiger partial charge < -0.3 is 15.2 Å². The Morgan fingerprint density at radius 2 is 1.79 bits per heavy atom. The Kier molecular flexibility index (Phi) is 6.82. The molecule has 0 fully saturated rings. The molecular weight excluding hydrogens is 302 g/mol. The maximum atomic E-state index is 12.1. The Labute approximate surface area is 143 Å². The Hall–Kier alpha value is -2.33. The number of hydrogen-bond acceptors (Lipinski definition) is 3. The van der Waals surface area contributed by atoms with E-state index in [-0.39, 0.29) is 18.4 Å². The number of para-hydroxylation sites is 1. The van der Waals surface area contributed by atoms with Crippen molar-refractivity contribution in [2.75, 3.05) is 13.7 Å². The third-order valence-corrected chi connectivity index (χ3v) is 4.10. The van der Waals surface area contributed by atoms with Gasteiger partial charge in [-0.15, -0.1) is 0 Å². The summed E-state index contributed by atoms with van der Waals surface area (Å²) in [6, 6.07) is 15.6. The van der Waals surface area contributed by atoms with Crippen molar-refractivity contribution in [3.8, 4) is 5.75 Å². The van der Waals surface area contributed by atoms with Crippen LogP contribution in [0.25, 0.3) is 0 Å². The van der Waals surface area contributed by atoms with Crippen molar-refractivity contribution in [3.63, 3.8) is 0 Å². The summed E-state index contributed by atoms with van der Waals surface area (Å²) in [6.45, 7) is 2.69. The van der Waals surface area contributed by atoms with E-state index in [1.165, 1.54) is 0 Å². The molecule has 0 saturated carbocycles. The number of aliphatic hydroxyl groups is 1. The second-order valence-corrected chi connectivity index (χ2v) is 5.92. The van der Waals surface area contributed by atoms with Gasteiger partial charge in [0.25, 0.3) is 0 Å². The quantitative estimate of drug-likeness (QED) is 0.783. The lowest BCUT2D eigenvalue weighted by Gasteiger charge is -2.15. The highest BCUT2D eigenvalue weighted by Gasteiger charge is 2.14. The van der Waals surface area contributed by atoms with Crippen LogP contribution in [-0.2, 0) is 17.8 Å². The zero-order valence-corrected chi connectivity index (χ0v) is 14.3. The molecule has 0 radical (unpaired) electrons. The largest absolute Gasteiger partial charge is 0.496 e. The van der Waals surface area contributed by atoms with E-state index in [0.717, 1.165) is 28.9 Å². The average Bonchev–Trinajstić information content (AvgIpc) is 2.62. The molecular formula is C20H25NO3. The Balaban J connectivity index is 1.80. The SMILES string of the molecule is COc1ccccc1C(C)CC(=O)NCCc1ccc(CO)cc1. The second kappa shape index (κ2) is 9.08. The van der Waals surface area contributed by atoms with Crippen molar-refractivity contribution in [1.29, 1.82) is 0 Å². The van der Waals surface area contributed by atoms with Crippen LogP contribution in [0.5, 0.6) is 5.75 Å². The number of benzene rings is 2. The van der Waals surface area contributed by atoms with E-state index in [1.807, 2.05) is 55.5 Å². The van der Waals surface area contributed by atoms with Crippen molar-refractivity contribution < 1.29 is 14.6 Å². The normalized spacial score (nSPS) is 11.8. The molecule has 2 rings (SSSR count). The number of hydrogen-bond donors (Lipinski definition) is 2. The Morgan fingerprint density at radius 3 is 2.46 bits per heavy atom. The summed E-state index contributed by atoms with van der Waals surface area (Å²) in [6.07, 6.45) is 1.21. The smallest absolute Gasteiger partial charge is 0.220 e. The number of carbonyl (C=O) groups excluding carboxylic acids is 1. The van der Waals surface area contributed by atoms with Crippen molar-refractivity contribution in [1.82, 2.24) is 5.32 Å². The van der Waals surface area contributed by atoms with Crippen LogP contribution < -0.4 is 10.1 Å². The molecule has 0 saturated heterocycles. The van der Waals surface area contributed by atoms with Gasteiger partial charge in [-0.3, -0.25) is 4.79 Å². The molecule has 2 aromatic carbocycles. The molecule has 0 aromatic heterocycles. The highest BCUT2D eigenvalue weighted by atomic mass is 16.5. The van der Waals surface area contributed by atoms with Crippen LogP contribution in [0.15, 0.2) is 48.5 Å². The standard InChI is InChI=1S/C20H25NO3/c1-15(18-5-3-4-6-19(18)24-2)13-20(23)21-12-11-16-7-9-17(14-22)10-8-16/h3-10,15,22H,11-14H2,1-2H3,(H,21,23). The van der Waals surface area contributed by atoms with Gasteiger partial charge in [-0.05, 0) is 35.1 Å². The van der Waals surface area contributed by atoms with Crippen LogP contribution >= 0.6 is 0 Å². The number of amides is 1. The third kappa shape index (κ3) is 5.10. The van der Waals surface area contributed by atoms with E-state index in [4.69, 9.17) is 9.84 Å². The molecule has 128 valence electrons. The number of ether oxygens (including phenoxy) is 1. The molecule has 0 aliphatic carbocycles. The van der Waals surface area contributed by atoms with Gasteiger partial charge in [0.1, 0.15) is 5.75 Å². The van der Waals surface area contributed by atoms with Gasteiger partial charge in [0.2, 0.25) is 5.91 Å². The molecule has 24 heavy (non-hydrogen) atoms. The topological polar surface area (TPSA) is 58.6 Å². The van der Waals surface area contributed by atoms with E-state index in [2.05, 4.69) is 5.32 Å². The highest BCUT2D eigenvalue weighted by Crippen LogP contribution is 2.28. The van der Waals surface area contributed by atoms with Crippen LogP contribution in [0.2, 0.25) is 0 Å². The first-order chi connectivity index (χ1) is 11.6. The summed E-state index contributed by atoms with van der Waals surface area (Å²) < 4.78 is 5.36. The fourth-order valence-electron chi connectivity index (χ4n) is 2.69. The van der Waals surface area contributed by atoms with Gasteiger partial charge in [0, 0.05) is 13.0 Å². The number of nitrogens with one attached hydrogen (secondary N) is 1. The van der Waals surface area contributed by atoms with Crippen LogP contribution in [0.4, 0.5) is 0 Å². The van der Waals surface area contributed by atoms with Crippen molar-refractivity contribution in [2.24, 2.45) is 0 Å². The van der Waals surface area contributed by atoms with Crippen molar-refractivity contribution in [3.05, 3.63) is 65.2 Å². The molecule has 0 bridgehead atoms. The molecule has 0 heterocycles. The predicted octanol–water partition coefficient (Wildman–Crippen LogP) is 3.04. The lowest BCUT2D eigenvalue weighted by molar-refractivity contribution is -0.121. The number of rotatable bonds is 8. The molecule has 1 amide bonds. The van der Waals surface area contributed by atoms with E-state index in [0.29, 0.717) is 13.0 Å². The van der Waals surface area contributed by atoms with Crippen molar-refractivity contribution in [2.45, 2.75) is 32.3 Å². The molecule has 4 heteroatoms. The minimum atomic E-state index is 0.0420. The fourth-order valence-corrected chi connectivity index (χ4v) is 2.69. The van der Waals surface area contributed by atoms with Gasteiger partial charge in [-0.1, -0.05) is 49.4 Å². The zero-order valence-electron chi connectivity index (χ0n) is 14.3. The minimum absolute atomic E-state index is 0.0420. The summed E-state index contributed by atoms with van der Waals surface area (Å²) in [4.78, 5) is 12.1. The molecule has 1 unspecified atom stereocenters. The lowest BCUT2D eigenvalue weighted by Crippen LogP contribution is -2.26. The molecule has 2 aromatic rings. The maximum Gasteiger partial charge on any atom is 0.220 e. The number of carbonyl (C=O) groups is 1. The van der Waals surface area contributed by atoms with Crippen LogP contribution in [-0.4, -0.2) is 24.7 Å². The summed E-state index contributed by atoms with van der Waals surface area (Å²) >= 11 is 0. The highest BCUT2D eigenvalue weighted by molar-refractivity contribution is 5.77. The molecule has 0 aliphatic rings. The summed E-state index contributed by atoms with van der Waals surface area (Å²) in [5.74, 6) is 0.965. The average molecular weight is 327 g/mol. The van der Waals surface area contributed by atoms with Gasteiger partial charge in [0.15, 0.2) is 0 Å². The second-order valence-electron chi connectivity index (χ2n) is 5.92. The summed E-state index contributed by atoms with van der Waals surface area (Å²) in [5, 5.41) is 12.0. The summed E-state index contributed by atoms with van der Waals surface area (Å²) in [5.41, 5.74) is 3.09. The van der Waals surface area contributed by atoms with E-state index in [9.17, 15) is 4.79 Å². The summed E-state index contributed by atoms with van der Waals surface area (Å²) in [7, 11) is 1.65. The van der Waals surface area contributed by atoms with Gasteiger partial charge in [0.05, 0.1) is 13.7 Å². The van der Waals surface area contributed by atoms with E-state index < -0.39 is 0 Å². The van der Waals surface area contributed by atoms with Crippen LogP contribution in [0.1, 0.15) is 36.0 Å². The van der Waals surface area contributed by atoms with E-state index >= 15 is 0 Å².